The SMILES string of the molecule is CCc1ccccc1Oc1c(F)cc(CBr)cc1F. The fourth-order valence-corrected chi connectivity index (χ4v) is 2.12. The Morgan fingerprint density at radius 1 is 1.11 bits per heavy atom. The summed E-state index contributed by atoms with van der Waals surface area (Å²) in [4.78, 5) is 0. The van der Waals surface area contributed by atoms with Gasteiger partial charge in [0.1, 0.15) is 5.75 Å². The van der Waals surface area contributed by atoms with Crippen molar-refractivity contribution in [3.8, 4) is 11.5 Å². The number of hydrogen-bond donors (Lipinski definition) is 0. The molecule has 0 heterocycles. The van der Waals surface area contributed by atoms with Crippen molar-refractivity contribution in [2.45, 2.75) is 18.7 Å². The summed E-state index contributed by atoms with van der Waals surface area (Å²) in [5.74, 6) is -1.26. The maximum absolute atomic E-state index is 13.8. The van der Waals surface area contributed by atoms with Crippen molar-refractivity contribution in [1.29, 1.82) is 0 Å². The Morgan fingerprint density at radius 2 is 1.74 bits per heavy atom. The summed E-state index contributed by atoms with van der Waals surface area (Å²) in [5, 5.41) is 0.396. The van der Waals surface area contributed by atoms with E-state index in [0.29, 0.717) is 16.6 Å². The fourth-order valence-electron chi connectivity index (χ4n) is 1.79. The fraction of sp³-hybridized carbons (Fsp3) is 0.200. The Kier molecular flexibility index (Phi) is 4.53. The van der Waals surface area contributed by atoms with Crippen LogP contribution in [0.1, 0.15) is 18.1 Å². The molecule has 0 spiro atoms. The molecular formula is C15H13BrF2O. The number of benzene rings is 2. The van der Waals surface area contributed by atoms with E-state index in [9.17, 15) is 8.78 Å². The first kappa shape index (κ1) is 14.0. The lowest BCUT2D eigenvalue weighted by Crippen LogP contribution is -1.97. The highest BCUT2D eigenvalue weighted by Crippen LogP contribution is 2.31. The zero-order valence-electron chi connectivity index (χ0n) is 10.4. The molecule has 2 rings (SSSR count). The summed E-state index contributed by atoms with van der Waals surface area (Å²) in [7, 11) is 0. The van der Waals surface area contributed by atoms with Crippen molar-refractivity contribution in [3.63, 3.8) is 0 Å². The van der Waals surface area contributed by atoms with Crippen LogP contribution in [0.2, 0.25) is 0 Å². The van der Waals surface area contributed by atoms with Gasteiger partial charge in [0, 0.05) is 5.33 Å². The summed E-state index contributed by atoms with van der Waals surface area (Å²) < 4.78 is 33.1. The van der Waals surface area contributed by atoms with Gasteiger partial charge in [0.2, 0.25) is 0 Å². The van der Waals surface area contributed by atoms with Gasteiger partial charge in [0.15, 0.2) is 17.4 Å². The standard InChI is InChI=1S/C15H13BrF2O/c1-2-11-5-3-4-6-14(11)19-15-12(17)7-10(9-16)8-13(15)18/h3-8H,2,9H2,1H3. The largest absolute Gasteiger partial charge is 0.451 e. The van der Waals surface area contributed by atoms with Crippen LogP contribution in [0, 0.1) is 11.6 Å². The Hall–Kier alpha value is -1.42. The molecule has 0 aliphatic heterocycles. The molecule has 0 saturated heterocycles. The second-order valence-corrected chi connectivity index (χ2v) is 4.65. The van der Waals surface area contributed by atoms with Crippen molar-refractivity contribution < 1.29 is 13.5 Å². The second-order valence-electron chi connectivity index (χ2n) is 4.09. The van der Waals surface area contributed by atoms with Crippen molar-refractivity contribution in [2.24, 2.45) is 0 Å². The van der Waals surface area contributed by atoms with Gasteiger partial charge in [0.25, 0.3) is 0 Å². The van der Waals surface area contributed by atoms with E-state index < -0.39 is 11.6 Å². The van der Waals surface area contributed by atoms with E-state index in [1.807, 2.05) is 19.1 Å². The molecule has 0 amide bonds. The molecule has 1 nitrogen and oxygen atoms in total. The Morgan fingerprint density at radius 3 is 2.32 bits per heavy atom. The monoisotopic (exact) mass is 326 g/mol. The molecule has 0 aliphatic carbocycles. The Labute approximate surface area is 119 Å². The maximum Gasteiger partial charge on any atom is 0.198 e. The Bertz CT molecular complexity index is 561. The number of aryl methyl sites for hydroxylation is 1. The summed E-state index contributed by atoms with van der Waals surface area (Å²) in [6.07, 6.45) is 0.735. The summed E-state index contributed by atoms with van der Waals surface area (Å²) in [5.41, 5.74) is 1.44. The highest BCUT2D eigenvalue weighted by Gasteiger charge is 2.14. The third-order valence-corrected chi connectivity index (χ3v) is 3.43. The van der Waals surface area contributed by atoms with Gasteiger partial charge >= 0.3 is 0 Å². The molecule has 0 aromatic heterocycles. The maximum atomic E-state index is 13.8. The van der Waals surface area contributed by atoms with Crippen LogP contribution in [-0.2, 0) is 11.8 Å². The first-order valence-electron chi connectivity index (χ1n) is 5.95. The predicted molar refractivity (Wildman–Crippen MR) is 74.9 cm³/mol. The van der Waals surface area contributed by atoms with Gasteiger partial charge in [-0.1, -0.05) is 41.1 Å². The Balaban J connectivity index is 2.38. The average Bonchev–Trinajstić information content (AvgIpc) is 2.43. The van der Waals surface area contributed by atoms with Gasteiger partial charge in [-0.2, -0.15) is 0 Å². The van der Waals surface area contributed by atoms with E-state index in [0.717, 1.165) is 12.0 Å². The first-order valence-corrected chi connectivity index (χ1v) is 7.07. The van der Waals surface area contributed by atoms with E-state index >= 15 is 0 Å². The van der Waals surface area contributed by atoms with Crippen molar-refractivity contribution in [3.05, 3.63) is 59.2 Å². The molecule has 19 heavy (non-hydrogen) atoms. The number of halogens is 3. The molecule has 0 N–H and O–H groups in total. The summed E-state index contributed by atoms with van der Waals surface area (Å²) in [6.45, 7) is 1.96. The van der Waals surface area contributed by atoms with Crippen LogP contribution in [0.5, 0.6) is 11.5 Å². The van der Waals surface area contributed by atoms with Crippen LogP contribution in [0.3, 0.4) is 0 Å². The number of ether oxygens (including phenoxy) is 1. The molecule has 0 unspecified atom stereocenters. The highest BCUT2D eigenvalue weighted by molar-refractivity contribution is 9.08. The van der Waals surface area contributed by atoms with Crippen LogP contribution < -0.4 is 4.74 Å². The van der Waals surface area contributed by atoms with Crippen LogP contribution in [0.25, 0.3) is 0 Å². The molecule has 0 bridgehead atoms. The predicted octanol–water partition coefficient (Wildman–Crippen LogP) is 5.21. The lowest BCUT2D eigenvalue weighted by Gasteiger charge is -2.12. The minimum atomic E-state index is -0.694. The summed E-state index contributed by atoms with van der Waals surface area (Å²) in [6, 6.07) is 9.75. The third-order valence-electron chi connectivity index (χ3n) is 2.78. The zero-order chi connectivity index (χ0) is 13.8. The van der Waals surface area contributed by atoms with E-state index in [4.69, 9.17) is 4.74 Å². The number of para-hydroxylation sites is 1. The average molecular weight is 327 g/mol. The zero-order valence-corrected chi connectivity index (χ0v) is 12.0. The van der Waals surface area contributed by atoms with Gasteiger partial charge in [-0.25, -0.2) is 8.78 Å². The smallest absolute Gasteiger partial charge is 0.198 e. The van der Waals surface area contributed by atoms with Crippen LogP contribution in [0.15, 0.2) is 36.4 Å². The number of hydrogen-bond acceptors (Lipinski definition) is 1. The molecule has 0 fully saturated rings. The van der Waals surface area contributed by atoms with Crippen molar-refractivity contribution in [2.75, 3.05) is 0 Å². The van der Waals surface area contributed by atoms with E-state index in [2.05, 4.69) is 15.9 Å². The van der Waals surface area contributed by atoms with Crippen molar-refractivity contribution >= 4 is 15.9 Å². The number of rotatable bonds is 4. The van der Waals surface area contributed by atoms with E-state index in [1.165, 1.54) is 12.1 Å². The molecule has 0 atom stereocenters. The lowest BCUT2D eigenvalue weighted by atomic mass is 10.1. The molecule has 4 heteroatoms. The van der Waals surface area contributed by atoms with E-state index in [1.54, 1.807) is 12.1 Å². The first-order chi connectivity index (χ1) is 9.15. The van der Waals surface area contributed by atoms with Crippen LogP contribution in [0.4, 0.5) is 8.78 Å². The molecule has 0 aliphatic rings. The van der Waals surface area contributed by atoms with E-state index in [-0.39, 0.29) is 5.75 Å². The molecule has 2 aromatic carbocycles. The summed E-state index contributed by atoms with van der Waals surface area (Å²) >= 11 is 3.17. The minimum absolute atomic E-state index is 0.356. The molecule has 0 saturated carbocycles. The van der Waals surface area contributed by atoms with Gasteiger partial charge in [-0.05, 0) is 35.7 Å². The molecule has 2 aromatic rings. The van der Waals surface area contributed by atoms with Crippen LogP contribution >= 0.6 is 15.9 Å². The van der Waals surface area contributed by atoms with Gasteiger partial charge in [0.05, 0.1) is 0 Å². The molecule has 0 radical (unpaired) electrons. The number of alkyl halides is 1. The molecular weight excluding hydrogens is 314 g/mol. The van der Waals surface area contributed by atoms with Gasteiger partial charge < -0.3 is 4.74 Å². The lowest BCUT2D eigenvalue weighted by molar-refractivity contribution is 0.403. The van der Waals surface area contributed by atoms with Crippen LogP contribution in [-0.4, -0.2) is 0 Å². The van der Waals surface area contributed by atoms with Gasteiger partial charge in [-0.15, -0.1) is 0 Å². The quantitative estimate of drug-likeness (QED) is 0.700. The van der Waals surface area contributed by atoms with Gasteiger partial charge in [-0.3, -0.25) is 0 Å². The second kappa shape index (κ2) is 6.15. The molecule has 100 valence electrons. The highest BCUT2D eigenvalue weighted by atomic mass is 79.9. The minimum Gasteiger partial charge on any atom is -0.451 e. The topological polar surface area (TPSA) is 9.23 Å². The van der Waals surface area contributed by atoms with Crippen molar-refractivity contribution in [1.82, 2.24) is 0 Å². The third kappa shape index (κ3) is 3.13. The normalized spacial score (nSPS) is 10.5.